The molecule has 1 heterocycles. The summed E-state index contributed by atoms with van der Waals surface area (Å²) in [6.07, 6.45) is 5.83. The van der Waals surface area contributed by atoms with Gasteiger partial charge in [-0.1, -0.05) is 32.6 Å². The molecule has 2 aromatic rings. The lowest BCUT2D eigenvalue weighted by molar-refractivity contribution is 0.490. The first-order valence-corrected chi connectivity index (χ1v) is 7.99. The summed E-state index contributed by atoms with van der Waals surface area (Å²) < 4.78 is 5.43. The van der Waals surface area contributed by atoms with E-state index in [4.69, 9.17) is 4.42 Å². The maximum absolute atomic E-state index is 11.6. The molecule has 0 aliphatic carbocycles. The van der Waals surface area contributed by atoms with Crippen LogP contribution < -0.4 is 21.5 Å². The molecule has 22 heavy (non-hydrogen) atoms. The van der Waals surface area contributed by atoms with Gasteiger partial charge >= 0.3 is 0 Å². The Balaban J connectivity index is 1.81. The second-order valence-electron chi connectivity index (χ2n) is 5.62. The fourth-order valence-corrected chi connectivity index (χ4v) is 2.43. The van der Waals surface area contributed by atoms with Crippen LogP contribution in [0.15, 0.2) is 26.1 Å². The molecule has 0 spiro atoms. The standard InChI is InChI=1S/C17H24N2O3/c1-3-4-5-6-7-10-18-14-15(17(21)16(14)20)19-11-13-9-8-12(2)22-13/h8-9,18-19H,3-7,10-11H2,1-2H3. The van der Waals surface area contributed by atoms with E-state index >= 15 is 0 Å². The molecule has 2 rings (SSSR count). The van der Waals surface area contributed by atoms with Crippen LogP contribution in [0.5, 0.6) is 0 Å². The summed E-state index contributed by atoms with van der Waals surface area (Å²) in [5.74, 6) is 1.57. The summed E-state index contributed by atoms with van der Waals surface area (Å²) >= 11 is 0. The van der Waals surface area contributed by atoms with Gasteiger partial charge in [-0.3, -0.25) is 9.59 Å². The van der Waals surface area contributed by atoms with E-state index in [1.54, 1.807) is 0 Å². The van der Waals surface area contributed by atoms with Gasteiger partial charge in [-0.15, -0.1) is 0 Å². The van der Waals surface area contributed by atoms with Crippen LogP contribution in [0.25, 0.3) is 0 Å². The molecule has 0 bridgehead atoms. The van der Waals surface area contributed by atoms with Gasteiger partial charge in [-0.2, -0.15) is 0 Å². The molecule has 0 aliphatic heterocycles. The van der Waals surface area contributed by atoms with Crippen molar-refractivity contribution in [2.45, 2.75) is 52.5 Å². The Hall–Kier alpha value is -2.04. The van der Waals surface area contributed by atoms with Crippen LogP contribution in [0, 0.1) is 6.92 Å². The molecule has 5 nitrogen and oxygen atoms in total. The number of aryl methyl sites for hydroxylation is 1. The Morgan fingerprint density at radius 3 is 2.27 bits per heavy atom. The Morgan fingerprint density at radius 2 is 1.64 bits per heavy atom. The predicted molar refractivity (Wildman–Crippen MR) is 89.4 cm³/mol. The lowest BCUT2D eigenvalue weighted by atomic mass is 10.1. The third kappa shape index (κ3) is 4.00. The minimum absolute atomic E-state index is 0.382. The first kappa shape index (κ1) is 16.3. The summed E-state index contributed by atoms with van der Waals surface area (Å²) in [5, 5.41) is 6.08. The molecule has 0 fully saturated rings. The number of unbranched alkanes of at least 4 members (excludes halogenated alkanes) is 4. The Bertz CT molecular complexity index is 666. The van der Waals surface area contributed by atoms with Crippen LogP contribution in [-0.2, 0) is 6.54 Å². The lowest BCUT2D eigenvalue weighted by Gasteiger charge is -2.14. The first-order chi connectivity index (χ1) is 10.6. The van der Waals surface area contributed by atoms with Crippen molar-refractivity contribution in [1.82, 2.24) is 0 Å². The molecular weight excluding hydrogens is 280 g/mol. The maximum Gasteiger partial charge on any atom is 0.253 e. The summed E-state index contributed by atoms with van der Waals surface area (Å²) in [7, 11) is 0. The van der Waals surface area contributed by atoms with Gasteiger partial charge in [0.25, 0.3) is 10.9 Å². The summed E-state index contributed by atoms with van der Waals surface area (Å²) in [5.41, 5.74) is -0.0696. The van der Waals surface area contributed by atoms with Crippen molar-refractivity contribution >= 4 is 11.4 Å². The third-order valence-electron chi connectivity index (χ3n) is 3.73. The van der Waals surface area contributed by atoms with Crippen molar-refractivity contribution in [2.75, 3.05) is 17.2 Å². The number of rotatable bonds is 10. The van der Waals surface area contributed by atoms with Gasteiger partial charge < -0.3 is 15.1 Å². The molecule has 1 aromatic carbocycles. The second-order valence-corrected chi connectivity index (χ2v) is 5.62. The number of anilines is 2. The molecule has 1 aromatic heterocycles. The van der Waals surface area contributed by atoms with E-state index in [2.05, 4.69) is 17.6 Å². The van der Waals surface area contributed by atoms with Gasteiger partial charge in [0.1, 0.15) is 22.9 Å². The van der Waals surface area contributed by atoms with Crippen molar-refractivity contribution in [2.24, 2.45) is 0 Å². The lowest BCUT2D eigenvalue weighted by Crippen LogP contribution is -2.37. The minimum Gasteiger partial charge on any atom is -0.465 e. The molecule has 2 N–H and O–H groups in total. The van der Waals surface area contributed by atoms with Crippen molar-refractivity contribution < 1.29 is 4.42 Å². The third-order valence-corrected chi connectivity index (χ3v) is 3.73. The van der Waals surface area contributed by atoms with E-state index in [9.17, 15) is 9.59 Å². The zero-order valence-corrected chi connectivity index (χ0v) is 13.3. The summed E-state index contributed by atoms with van der Waals surface area (Å²) in [4.78, 5) is 23.3. The van der Waals surface area contributed by atoms with E-state index < -0.39 is 10.9 Å². The average Bonchev–Trinajstić information content (AvgIpc) is 2.93. The summed E-state index contributed by atoms with van der Waals surface area (Å²) in [6.45, 7) is 5.18. The maximum atomic E-state index is 11.6. The SMILES string of the molecule is CCCCCCCNc1c(NCc2ccc(C)o2)c(=O)c1=O. The highest BCUT2D eigenvalue weighted by atomic mass is 16.3. The van der Waals surface area contributed by atoms with Crippen molar-refractivity contribution in [1.29, 1.82) is 0 Å². The van der Waals surface area contributed by atoms with E-state index in [0.29, 0.717) is 17.9 Å². The van der Waals surface area contributed by atoms with Crippen LogP contribution in [0.1, 0.15) is 50.5 Å². The molecule has 0 atom stereocenters. The molecule has 0 radical (unpaired) electrons. The van der Waals surface area contributed by atoms with Crippen LogP contribution in [0.2, 0.25) is 0 Å². The zero-order valence-electron chi connectivity index (χ0n) is 13.3. The topological polar surface area (TPSA) is 71.3 Å². The molecule has 0 aliphatic rings. The molecule has 120 valence electrons. The van der Waals surface area contributed by atoms with Gasteiger partial charge in [0, 0.05) is 6.54 Å². The molecule has 0 amide bonds. The van der Waals surface area contributed by atoms with Crippen LogP contribution in [-0.4, -0.2) is 6.54 Å². The van der Waals surface area contributed by atoms with E-state index in [-0.39, 0.29) is 0 Å². The fraction of sp³-hybridized carbons (Fsp3) is 0.529. The normalized spacial score (nSPS) is 11.0. The second kappa shape index (κ2) is 7.82. The Kier molecular flexibility index (Phi) is 5.81. The highest BCUT2D eigenvalue weighted by molar-refractivity contribution is 5.73. The average molecular weight is 304 g/mol. The van der Waals surface area contributed by atoms with Gasteiger partial charge in [0.2, 0.25) is 0 Å². The minimum atomic E-state index is -0.447. The quantitative estimate of drug-likeness (QED) is 0.521. The number of furan rings is 1. The zero-order chi connectivity index (χ0) is 15.9. The van der Waals surface area contributed by atoms with E-state index in [1.807, 2.05) is 19.1 Å². The molecule has 0 saturated carbocycles. The molecule has 0 unspecified atom stereocenters. The first-order valence-electron chi connectivity index (χ1n) is 7.99. The van der Waals surface area contributed by atoms with E-state index in [1.165, 1.54) is 19.3 Å². The Labute approximate surface area is 130 Å². The van der Waals surface area contributed by atoms with Crippen molar-refractivity contribution in [3.63, 3.8) is 0 Å². The molecule has 0 saturated heterocycles. The van der Waals surface area contributed by atoms with E-state index in [0.717, 1.165) is 30.9 Å². The van der Waals surface area contributed by atoms with Gasteiger partial charge in [-0.05, 0) is 25.5 Å². The highest BCUT2D eigenvalue weighted by Gasteiger charge is 2.20. The van der Waals surface area contributed by atoms with Crippen molar-refractivity contribution in [3.8, 4) is 0 Å². The number of hydrogen-bond acceptors (Lipinski definition) is 5. The van der Waals surface area contributed by atoms with Gasteiger partial charge in [0.15, 0.2) is 0 Å². The number of nitrogens with one attached hydrogen (secondary N) is 2. The monoisotopic (exact) mass is 304 g/mol. The summed E-state index contributed by atoms with van der Waals surface area (Å²) in [6, 6.07) is 3.73. The van der Waals surface area contributed by atoms with Gasteiger partial charge in [-0.25, -0.2) is 0 Å². The molecular formula is C17H24N2O3. The van der Waals surface area contributed by atoms with Crippen LogP contribution >= 0.6 is 0 Å². The fourth-order valence-electron chi connectivity index (χ4n) is 2.43. The predicted octanol–water partition coefficient (Wildman–Crippen LogP) is 3.18. The van der Waals surface area contributed by atoms with Crippen LogP contribution in [0.3, 0.4) is 0 Å². The number of hydrogen-bond donors (Lipinski definition) is 2. The largest absolute Gasteiger partial charge is 0.465 e. The Morgan fingerprint density at radius 1 is 0.955 bits per heavy atom. The van der Waals surface area contributed by atoms with Crippen LogP contribution in [0.4, 0.5) is 11.4 Å². The molecule has 5 heteroatoms. The van der Waals surface area contributed by atoms with Gasteiger partial charge in [0.05, 0.1) is 6.54 Å². The highest BCUT2D eigenvalue weighted by Crippen LogP contribution is 2.16. The van der Waals surface area contributed by atoms with Crippen molar-refractivity contribution in [3.05, 3.63) is 44.1 Å². The smallest absolute Gasteiger partial charge is 0.253 e.